The first kappa shape index (κ1) is 23.4. The van der Waals surface area contributed by atoms with Crippen molar-refractivity contribution in [1.82, 2.24) is 4.98 Å². The molecule has 1 aromatic heterocycles. The molecule has 0 aliphatic heterocycles. The van der Waals surface area contributed by atoms with Crippen LogP contribution in [0.15, 0.2) is 42.5 Å². The van der Waals surface area contributed by atoms with Gasteiger partial charge in [-0.3, -0.25) is 0 Å². The minimum atomic E-state index is -4.34. The van der Waals surface area contributed by atoms with E-state index >= 15 is 0 Å². The Hall–Kier alpha value is -2.31. The molecule has 4 nitrogen and oxygen atoms in total. The first-order valence-corrected chi connectivity index (χ1v) is 12.7. The van der Waals surface area contributed by atoms with E-state index in [9.17, 15) is 18.0 Å². The van der Waals surface area contributed by atoms with Gasteiger partial charge in [0.2, 0.25) is 0 Å². The molecule has 0 aliphatic carbocycles. The summed E-state index contributed by atoms with van der Waals surface area (Å²) in [5.41, 5.74) is 1.90. The number of esters is 1. The van der Waals surface area contributed by atoms with E-state index in [0.29, 0.717) is 11.3 Å². The molecule has 0 bridgehead atoms. The van der Waals surface area contributed by atoms with Gasteiger partial charge in [-0.25, -0.2) is 0 Å². The Bertz CT molecular complexity index is 1060. The van der Waals surface area contributed by atoms with E-state index in [4.69, 9.17) is 4.74 Å². The van der Waals surface area contributed by atoms with Crippen molar-refractivity contribution in [2.45, 2.75) is 25.2 Å². The number of aromatic nitrogens is 1. The number of ether oxygens (including phenoxy) is 2. The molecule has 164 valence electrons. The molecule has 0 spiro atoms. The van der Waals surface area contributed by atoms with Crippen LogP contribution < -0.4 is 9.09 Å². The quantitative estimate of drug-likeness (QED) is 0.352. The van der Waals surface area contributed by atoms with Crippen LogP contribution in [0.2, 0.25) is 0 Å². The van der Waals surface area contributed by atoms with Crippen LogP contribution in [0.1, 0.15) is 21.7 Å². The number of benzene rings is 2. The van der Waals surface area contributed by atoms with E-state index in [0.717, 1.165) is 38.5 Å². The molecule has 9 heteroatoms. The van der Waals surface area contributed by atoms with E-state index in [1.54, 1.807) is 0 Å². The van der Waals surface area contributed by atoms with E-state index in [1.807, 2.05) is 26.0 Å². The van der Waals surface area contributed by atoms with Crippen LogP contribution in [0.3, 0.4) is 0 Å². The number of hydrogen-bond donors (Lipinski definition) is 0. The van der Waals surface area contributed by atoms with E-state index in [1.165, 1.54) is 34.9 Å². The topological polar surface area (TPSA) is 48.4 Å². The summed E-state index contributed by atoms with van der Waals surface area (Å²) >= 11 is 1.05. The maximum atomic E-state index is 12.8. The number of aryl methyl sites for hydroxylation is 2. The number of nitrogens with zero attached hydrogens (tertiary/aromatic N) is 1. The molecule has 0 N–H and O–H groups in total. The molecule has 1 heterocycles. The van der Waals surface area contributed by atoms with Crippen LogP contribution in [-0.4, -0.2) is 40.4 Å². The van der Waals surface area contributed by atoms with E-state index in [2.05, 4.69) is 15.8 Å². The summed E-state index contributed by atoms with van der Waals surface area (Å²) in [5.74, 6) is 0.223. The molecule has 0 saturated heterocycles. The zero-order chi connectivity index (χ0) is 22.6. The van der Waals surface area contributed by atoms with Crippen molar-refractivity contribution in [2.75, 3.05) is 13.7 Å². The van der Waals surface area contributed by atoms with Gasteiger partial charge in [-0.05, 0) is 0 Å². The Morgan fingerprint density at radius 1 is 1.13 bits per heavy atom. The van der Waals surface area contributed by atoms with Gasteiger partial charge in [-0.2, -0.15) is 0 Å². The average molecular weight is 511 g/mol. The Kier molecular flexibility index (Phi) is 7.44. The number of thiazole rings is 1. The summed E-state index contributed by atoms with van der Waals surface area (Å²) in [6, 6.07) is 11.1. The summed E-state index contributed by atoms with van der Waals surface area (Å²) < 4.78 is 49.6. The zero-order valence-corrected chi connectivity index (χ0v) is 20.1. The molecular formula is C22H21AsF3NO3S. The fraction of sp³-hybridized carbons (Fsp3) is 0.273. The SMILES string of the molecule is COC(=O)COc1ccc([AsH]Cc2sc(-c3ccc(C(F)(F)F)cc3)nc2C)cc1C. The minimum absolute atomic E-state index is 0.125. The van der Waals surface area contributed by atoms with Crippen molar-refractivity contribution in [2.24, 2.45) is 0 Å². The number of carbonyl (C=O) groups is 1. The van der Waals surface area contributed by atoms with Crippen LogP contribution in [0.25, 0.3) is 10.6 Å². The summed E-state index contributed by atoms with van der Waals surface area (Å²) in [6.45, 7) is 3.74. The van der Waals surface area contributed by atoms with Gasteiger partial charge in [0, 0.05) is 0 Å². The molecule has 3 aromatic rings. The molecule has 1 unspecified atom stereocenters. The number of halogens is 3. The van der Waals surface area contributed by atoms with Crippen LogP contribution in [0.4, 0.5) is 13.2 Å². The van der Waals surface area contributed by atoms with Gasteiger partial charge in [-0.15, -0.1) is 0 Å². The van der Waals surface area contributed by atoms with Gasteiger partial charge in [0.15, 0.2) is 0 Å². The van der Waals surface area contributed by atoms with Crippen LogP contribution in [-0.2, 0) is 20.9 Å². The molecule has 0 amide bonds. The maximum absolute atomic E-state index is 12.8. The molecule has 2 aromatic carbocycles. The van der Waals surface area contributed by atoms with Crippen LogP contribution in [0, 0.1) is 13.8 Å². The Morgan fingerprint density at radius 2 is 1.84 bits per heavy atom. The van der Waals surface area contributed by atoms with Crippen molar-refractivity contribution < 1.29 is 27.4 Å². The fourth-order valence-corrected chi connectivity index (χ4v) is 6.97. The Balaban J connectivity index is 1.66. The van der Waals surface area contributed by atoms with E-state index < -0.39 is 33.5 Å². The standard InChI is InChI=1S/C22H21AsF3NO3S/c1-13-10-17(8-9-18(13)30-12-20(28)29-3)23-11-19-14(2)27-21(31-19)15-4-6-16(7-5-15)22(24,25)26/h4-10,23H,11-12H2,1-3H3. The molecular weight excluding hydrogens is 490 g/mol. The molecule has 0 saturated carbocycles. The van der Waals surface area contributed by atoms with Gasteiger partial charge in [0.05, 0.1) is 0 Å². The third-order valence-electron chi connectivity index (χ3n) is 4.55. The Labute approximate surface area is 189 Å². The third-order valence-corrected chi connectivity index (χ3v) is 8.92. The van der Waals surface area contributed by atoms with Crippen LogP contribution in [0.5, 0.6) is 5.75 Å². The van der Waals surface area contributed by atoms with Gasteiger partial charge in [-0.1, -0.05) is 0 Å². The summed E-state index contributed by atoms with van der Waals surface area (Å²) in [7, 11) is 1.32. The molecule has 1 atom stereocenters. The number of methoxy groups -OCH3 is 1. The first-order chi connectivity index (χ1) is 14.7. The zero-order valence-electron chi connectivity index (χ0n) is 17.2. The molecule has 3 rings (SSSR count). The number of alkyl halides is 3. The van der Waals surface area contributed by atoms with Crippen molar-refractivity contribution in [1.29, 1.82) is 0 Å². The molecule has 0 aliphatic rings. The summed E-state index contributed by atoms with van der Waals surface area (Å²) in [6.07, 6.45) is -4.34. The van der Waals surface area contributed by atoms with Crippen molar-refractivity contribution >= 4 is 37.4 Å². The van der Waals surface area contributed by atoms with E-state index in [-0.39, 0.29) is 6.61 Å². The number of hydrogen-bond acceptors (Lipinski definition) is 5. The number of rotatable bonds is 7. The second-order valence-corrected chi connectivity index (χ2v) is 10.6. The Morgan fingerprint density at radius 3 is 2.45 bits per heavy atom. The predicted molar refractivity (Wildman–Crippen MR) is 116 cm³/mol. The van der Waals surface area contributed by atoms with Gasteiger partial charge in [0.1, 0.15) is 0 Å². The fourth-order valence-electron chi connectivity index (χ4n) is 2.82. The van der Waals surface area contributed by atoms with Gasteiger partial charge in [0.25, 0.3) is 0 Å². The van der Waals surface area contributed by atoms with Crippen molar-refractivity contribution in [3.63, 3.8) is 0 Å². The first-order valence-electron chi connectivity index (χ1n) is 9.35. The van der Waals surface area contributed by atoms with Gasteiger partial charge < -0.3 is 0 Å². The normalized spacial score (nSPS) is 11.8. The second-order valence-electron chi connectivity index (χ2n) is 6.80. The summed E-state index contributed by atoms with van der Waals surface area (Å²) in [5, 5.41) is 1.63. The predicted octanol–water partition coefficient (Wildman–Crippen LogP) is 4.26. The monoisotopic (exact) mass is 511 g/mol. The molecule has 31 heavy (non-hydrogen) atoms. The third kappa shape index (κ3) is 6.11. The van der Waals surface area contributed by atoms with Crippen LogP contribution >= 0.6 is 11.3 Å². The average Bonchev–Trinajstić information content (AvgIpc) is 3.11. The molecule has 0 fully saturated rings. The van der Waals surface area contributed by atoms with Crippen molar-refractivity contribution in [3.05, 3.63) is 64.2 Å². The summed E-state index contributed by atoms with van der Waals surface area (Å²) in [4.78, 5) is 16.9. The van der Waals surface area contributed by atoms with Gasteiger partial charge >= 0.3 is 189 Å². The van der Waals surface area contributed by atoms with Crippen molar-refractivity contribution in [3.8, 4) is 16.3 Å². The molecule has 0 radical (unpaired) electrons. The number of carbonyl (C=O) groups excluding carboxylic acids is 1. The second kappa shape index (κ2) is 9.88.